The molecule has 3 rings (SSSR count). The summed E-state index contributed by atoms with van der Waals surface area (Å²) in [6, 6.07) is 11.9. The Balaban J connectivity index is 1.51. The third-order valence-electron chi connectivity index (χ3n) is 4.93. The van der Waals surface area contributed by atoms with Gasteiger partial charge in [0, 0.05) is 31.7 Å². The van der Waals surface area contributed by atoms with Crippen molar-refractivity contribution in [2.24, 2.45) is 0 Å². The molecule has 2 aromatic rings. The summed E-state index contributed by atoms with van der Waals surface area (Å²) in [6.07, 6.45) is 0. The second-order valence-corrected chi connectivity index (χ2v) is 6.90. The minimum Gasteiger partial charge on any atom is -0.336 e. The second-order valence-electron chi connectivity index (χ2n) is 6.90. The van der Waals surface area contributed by atoms with E-state index < -0.39 is 5.82 Å². The van der Waals surface area contributed by atoms with Crippen LogP contribution in [0.1, 0.15) is 21.5 Å². The lowest BCUT2D eigenvalue weighted by molar-refractivity contribution is -0.117. The molecule has 1 fully saturated rings. The fourth-order valence-electron chi connectivity index (χ4n) is 3.12. The second kappa shape index (κ2) is 8.31. The molecule has 27 heavy (non-hydrogen) atoms. The molecule has 0 radical (unpaired) electrons. The molecular formula is C21H24FN3O2. The maximum absolute atomic E-state index is 13.6. The number of para-hydroxylation sites is 1. The number of carbonyl (C=O) groups is 2. The molecule has 0 aromatic heterocycles. The van der Waals surface area contributed by atoms with Gasteiger partial charge in [0.25, 0.3) is 5.91 Å². The largest absolute Gasteiger partial charge is 0.336 e. The van der Waals surface area contributed by atoms with Crippen LogP contribution in [0, 0.1) is 19.7 Å². The molecule has 1 heterocycles. The standard InChI is InChI=1S/C21H24FN3O2/c1-15-7-8-17(13-16(15)2)21(27)25-11-9-24(10-12-25)14-20(26)23-19-6-4-3-5-18(19)22/h3-8,13H,9-12,14H2,1-2H3,(H,23,26). The topological polar surface area (TPSA) is 52.7 Å². The SMILES string of the molecule is Cc1ccc(C(=O)N2CCN(CC(=O)Nc3ccccc3F)CC2)cc1C. The van der Waals surface area contributed by atoms with Crippen molar-refractivity contribution in [1.29, 1.82) is 0 Å². The Labute approximate surface area is 158 Å². The average Bonchev–Trinajstić information content (AvgIpc) is 2.66. The number of benzene rings is 2. The van der Waals surface area contributed by atoms with Gasteiger partial charge in [-0.2, -0.15) is 0 Å². The number of hydrogen-bond donors (Lipinski definition) is 1. The Bertz CT molecular complexity index is 845. The number of carbonyl (C=O) groups excluding carboxylic acids is 2. The first kappa shape index (κ1) is 19.0. The summed E-state index contributed by atoms with van der Waals surface area (Å²) >= 11 is 0. The Hall–Kier alpha value is -2.73. The summed E-state index contributed by atoms with van der Waals surface area (Å²) in [5.74, 6) is -0.683. The van der Waals surface area contributed by atoms with Gasteiger partial charge < -0.3 is 10.2 Å². The first-order valence-electron chi connectivity index (χ1n) is 9.07. The van der Waals surface area contributed by atoms with E-state index in [2.05, 4.69) is 5.32 Å². The first-order valence-corrected chi connectivity index (χ1v) is 9.07. The normalized spacial score (nSPS) is 14.9. The van der Waals surface area contributed by atoms with Crippen LogP contribution in [-0.2, 0) is 4.79 Å². The zero-order chi connectivity index (χ0) is 19.4. The Morgan fingerprint density at radius 2 is 1.70 bits per heavy atom. The van der Waals surface area contributed by atoms with Gasteiger partial charge in [-0.15, -0.1) is 0 Å². The van der Waals surface area contributed by atoms with E-state index in [4.69, 9.17) is 0 Å². The number of aryl methyl sites for hydroxylation is 2. The van der Waals surface area contributed by atoms with Crippen LogP contribution in [0.3, 0.4) is 0 Å². The molecule has 1 aliphatic heterocycles. The third kappa shape index (κ3) is 4.71. The van der Waals surface area contributed by atoms with Crippen LogP contribution in [0.5, 0.6) is 0 Å². The van der Waals surface area contributed by atoms with Crippen molar-refractivity contribution in [2.75, 3.05) is 38.0 Å². The highest BCUT2D eigenvalue weighted by atomic mass is 19.1. The monoisotopic (exact) mass is 369 g/mol. The van der Waals surface area contributed by atoms with Crippen molar-refractivity contribution in [3.63, 3.8) is 0 Å². The molecule has 2 amide bonds. The van der Waals surface area contributed by atoms with Crippen LogP contribution in [0.25, 0.3) is 0 Å². The van der Waals surface area contributed by atoms with Crippen molar-refractivity contribution in [2.45, 2.75) is 13.8 Å². The lowest BCUT2D eigenvalue weighted by Gasteiger charge is -2.34. The van der Waals surface area contributed by atoms with Crippen LogP contribution in [0.2, 0.25) is 0 Å². The van der Waals surface area contributed by atoms with Crippen molar-refractivity contribution in [3.05, 3.63) is 65.0 Å². The predicted molar refractivity (Wildman–Crippen MR) is 103 cm³/mol. The third-order valence-corrected chi connectivity index (χ3v) is 4.93. The summed E-state index contributed by atoms with van der Waals surface area (Å²) in [5, 5.41) is 2.59. The molecule has 1 saturated heterocycles. The van der Waals surface area contributed by atoms with Gasteiger partial charge in [-0.05, 0) is 49.2 Å². The van der Waals surface area contributed by atoms with Crippen LogP contribution in [0.15, 0.2) is 42.5 Å². The molecule has 0 unspecified atom stereocenters. The maximum atomic E-state index is 13.6. The van der Waals surface area contributed by atoms with Gasteiger partial charge in [0.15, 0.2) is 0 Å². The first-order chi connectivity index (χ1) is 12.9. The number of hydrogen-bond acceptors (Lipinski definition) is 3. The van der Waals surface area contributed by atoms with Crippen molar-refractivity contribution >= 4 is 17.5 Å². The molecule has 1 aliphatic rings. The van der Waals surface area contributed by atoms with E-state index in [1.165, 1.54) is 12.1 Å². The summed E-state index contributed by atoms with van der Waals surface area (Å²) in [5.41, 5.74) is 3.15. The fourth-order valence-corrected chi connectivity index (χ4v) is 3.12. The molecule has 6 heteroatoms. The number of halogens is 1. The summed E-state index contributed by atoms with van der Waals surface area (Å²) in [7, 11) is 0. The maximum Gasteiger partial charge on any atom is 0.253 e. The van der Waals surface area contributed by atoms with E-state index in [9.17, 15) is 14.0 Å². The molecule has 142 valence electrons. The number of nitrogens with one attached hydrogen (secondary N) is 1. The van der Waals surface area contributed by atoms with E-state index in [0.29, 0.717) is 31.7 Å². The van der Waals surface area contributed by atoms with Crippen LogP contribution in [-0.4, -0.2) is 54.3 Å². The van der Waals surface area contributed by atoms with Gasteiger partial charge in [0.1, 0.15) is 5.82 Å². The molecule has 5 nitrogen and oxygen atoms in total. The molecule has 0 saturated carbocycles. The number of piperazine rings is 1. The zero-order valence-corrected chi connectivity index (χ0v) is 15.7. The summed E-state index contributed by atoms with van der Waals surface area (Å²) in [4.78, 5) is 28.6. The predicted octanol–water partition coefficient (Wildman–Crippen LogP) is 2.84. The quantitative estimate of drug-likeness (QED) is 0.902. The minimum absolute atomic E-state index is 0.0218. The average molecular weight is 369 g/mol. The van der Waals surface area contributed by atoms with Crippen LogP contribution >= 0.6 is 0 Å². The Morgan fingerprint density at radius 1 is 1.00 bits per heavy atom. The van der Waals surface area contributed by atoms with Gasteiger partial charge in [-0.1, -0.05) is 18.2 Å². The number of anilines is 1. The number of nitrogens with zero attached hydrogens (tertiary/aromatic N) is 2. The smallest absolute Gasteiger partial charge is 0.253 e. The van der Waals surface area contributed by atoms with Crippen molar-refractivity contribution < 1.29 is 14.0 Å². The molecule has 0 aliphatic carbocycles. The van der Waals surface area contributed by atoms with E-state index in [1.54, 1.807) is 12.1 Å². The minimum atomic E-state index is -0.449. The molecule has 0 bridgehead atoms. The van der Waals surface area contributed by atoms with Gasteiger partial charge in [0.05, 0.1) is 12.2 Å². The highest BCUT2D eigenvalue weighted by molar-refractivity contribution is 5.95. The summed E-state index contributed by atoms with van der Waals surface area (Å²) in [6.45, 7) is 6.56. The highest BCUT2D eigenvalue weighted by Gasteiger charge is 2.23. The van der Waals surface area contributed by atoms with Gasteiger partial charge in [-0.25, -0.2) is 4.39 Å². The molecule has 0 atom stereocenters. The molecule has 0 spiro atoms. The number of rotatable bonds is 4. The molecule has 1 N–H and O–H groups in total. The van der Waals surface area contributed by atoms with E-state index in [1.807, 2.05) is 41.8 Å². The fraction of sp³-hybridized carbons (Fsp3) is 0.333. The van der Waals surface area contributed by atoms with Gasteiger partial charge in [-0.3, -0.25) is 14.5 Å². The van der Waals surface area contributed by atoms with E-state index in [0.717, 1.165) is 11.1 Å². The van der Waals surface area contributed by atoms with Crippen molar-refractivity contribution in [1.82, 2.24) is 9.80 Å². The Kier molecular flexibility index (Phi) is 5.86. The van der Waals surface area contributed by atoms with Crippen LogP contribution < -0.4 is 5.32 Å². The van der Waals surface area contributed by atoms with Crippen LogP contribution in [0.4, 0.5) is 10.1 Å². The van der Waals surface area contributed by atoms with Gasteiger partial charge >= 0.3 is 0 Å². The summed E-state index contributed by atoms with van der Waals surface area (Å²) < 4.78 is 13.6. The van der Waals surface area contributed by atoms with Crippen molar-refractivity contribution in [3.8, 4) is 0 Å². The lowest BCUT2D eigenvalue weighted by atomic mass is 10.1. The highest BCUT2D eigenvalue weighted by Crippen LogP contribution is 2.15. The zero-order valence-electron chi connectivity index (χ0n) is 15.7. The van der Waals surface area contributed by atoms with E-state index >= 15 is 0 Å². The Morgan fingerprint density at radius 3 is 2.37 bits per heavy atom. The molecule has 2 aromatic carbocycles. The van der Waals surface area contributed by atoms with Gasteiger partial charge in [0.2, 0.25) is 5.91 Å². The lowest BCUT2D eigenvalue weighted by Crippen LogP contribution is -2.50. The van der Waals surface area contributed by atoms with E-state index in [-0.39, 0.29) is 24.0 Å². The molecular weight excluding hydrogens is 345 g/mol. The number of amides is 2.